The van der Waals surface area contributed by atoms with Crippen molar-refractivity contribution in [1.29, 1.82) is 0 Å². The molecule has 0 aliphatic heterocycles. The van der Waals surface area contributed by atoms with Gasteiger partial charge >= 0.3 is 0 Å². The number of phenols is 1. The summed E-state index contributed by atoms with van der Waals surface area (Å²) in [4.78, 5) is 0. The number of benzene rings is 1. The standard InChI is InChI=1S/C13H23N3O/c14-7-1-8-16-9-6-12(10-15)11-2-4-13(17)5-3-11/h2-5,12,16-17H,1,6-10,14-15H2. The van der Waals surface area contributed by atoms with Crippen molar-refractivity contribution in [3.63, 3.8) is 0 Å². The maximum absolute atomic E-state index is 9.23. The molecule has 0 amide bonds. The Morgan fingerprint density at radius 2 is 1.82 bits per heavy atom. The lowest BCUT2D eigenvalue weighted by atomic mass is 9.96. The zero-order valence-electron chi connectivity index (χ0n) is 10.2. The van der Waals surface area contributed by atoms with Gasteiger partial charge < -0.3 is 21.9 Å². The van der Waals surface area contributed by atoms with Gasteiger partial charge in [0.2, 0.25) is 0 Å². The topological polar surface area (TPSA) is 84.3 Å². The fraction of sp³-hybridized carbons (Fsp3) is 0.538. The number of nitrogens with one attached hydrogen (secondary N) is 1. The van der Waals surface area contributed by atoms with Gasteiger partial charge in [0.15, 0.2) is 0 Å². The molecule has 0 aliphatic rings. The molecular formula is C13H23N3O. The number of rotatable bonds is 8. The van der Waals surface area contributed by atoms with Gasteiger partial charge in [-0.3, -0.25) is 0 Å². The van der Waals surface area contributed by atoms with E-state index in [1.165, 1.54) is 5.56 Å². The van der Waals surface area contributed by atoms with Gasteiger partial charge in [-0.05, 0) is 62.6 Å². The van der Waals surface area contributed by atoms with E-state index in [0.29, 0.717) is 18.2 Å². The van der Waals surface area contributed by atoms with Crippen molar-refractivity contribution in [2.45, 2.75) is 18.8 Å². The number of hydrogen-bond acceptors (Lipinski definition) is 4. The molecule has 0 spiro atoms. The van der Waals surface area contributed by atoms with Crippen LogP contribution in [0.5, 0.6) is 5.75 Å². The van der Waals surface area contributed by atoms with Gasteiger partial charge in [-0.1, -0.05) is 12.1 Å². The van der Waals surface area contributed by atoms with Crippen molar-refractivity contribution >= 4 is 0 Å². The molecule has 0 radical (unpaired) electrons. The lowest BCUT2D eigenvalue weighted by Gasteiger charge is -2.15. The normalized spacial score (nSPS) is 12.6. The van der Waals surface area contributed by atoms with E-state index in [4.69, 9.17) is 11.5 Å². The summed E-state index contributed by atoms with van der Waals surface area (Å²) in [6.07, 6.45) is 2.01. The molecule has 4 heteroatoms. The summed E-state index contributed by atoms with van der Waals surface area (Å²) in [6.45, 7) is 3.26. The maximum Gasteiger partial charge on any atom is 0.115 e. The lowest BCUT2D eigenvalue weighted by Crippen LogP contribution is -2.23. The van der Waals surface area contributed by atoms with Gasteiger partial charge in [-0.15, -0.1) is 0 Å². The zero-order chi connectivity index (χ0) is 12.5. The molecule has 1 aromatic rings. The van der Waals surface area contributed by atoms with Crippen molar-refractivity contribution in [2.75, 3.05) is 26.2 Å². The molecule has 1 unspecified atom stereocenters. The molecule has 0 fully saturated rings. The van der Waals surface area contributed by atoms with Gasteiger partial charge in [0.1, 0.15) is 5.75 Å². The largest absolute Gasteiger partial charge is 0.508 e. The van der Waals surface area contributed by atoms with E-state index in [-0.39, 0.29) is 0 Å². The monoisotopic (exact) mass is 237 g/mol. The molecule has 0 saturated carbocycles. The third-order valence-electron chi connectivity index (χ3n) is 2.88. The summed E-state index contributed by atoms with van der Waals surface area (Å²) in [5, 5.41) is 12.6. The predicted molar refractivity (Wildman–Crippen MR) is 71.1 cm³/mol. The van der Waals surface area contributed by atoms with Crippen LogP contribution in [-0.2, 0) is 0 Å². The van der Waals surface area contributed by atoms with Gasteiger partial charge in [0, 0.05) is 0 Å². The summed E-state index contributed by atoms with van der Waals surface area (Å²) in [6, 6.07) is 7.29. The van der Waals surface area contributed by atoms with Crippen LogP contribution in [-0.4, -0.2) is 31.3 Å². The Kier molecular flexibility index (Phi) is 6.62. The van der Waals surface area contributed by atoms with Crippen LogP contribution in [0.1, 0.15) is 24.3 Å². The first kappa shape index (κ1) is 14.0. The third kappa shape index (κ3) is 5.17. The molecule has 1 aromatic carbocycles. The molecule has 4 nitrogen and oxygen atoms in total. The number of phenolic OH excluding ortho intramolecular Hbond substituents is 1. The average Bonchev–Trinajstić information content (AvgIpc) is 2.35. The molecule has 0 heterocycles. The summed E-state index contributed by atoms with van der Waals surface area (Å²) in [5.74, 6) is 0.645. The molecule has 96 valence electrons. The molecule has 0 saturated heterocycles. The minimum Gasteiger partial charge on any atom is -0.508 e. The number of hydrogen-bond donors (Lipinski definition) is 4. The molecule has 17 heavy (non-hydrogen) atoms. The van der Waals surface area contributed by atoms with Crippen molar-refractivity contribution in [2.24, 2.45) is 11.5 Å². The highest BCUT2D eigenvalue weighted by Crippen LogP contribution is 2.20. The van der Waals surface area contributed by atoms with Gasteiger partial charge in [0.05, 0.1) is 0 Å². The summed E-state index contributed by atoms with van der Waals surface area (Å²) in [7, 11) is 0. The zero-order valence-corrected chi connectivity index (χ0v) is 10.2. The highest BCUT2D eigenvalue weighted by Gasteiger charge is 2.08. The Labute approximate surface area is 103 Å². The molecule has 1 rings (SSSR count). The van der Waals surface area contributed by atoms with E-state index in [1.807, 2.05) is 12.1 Å². The number of aromatic hydroxyl groups is 1. The van der Waals surface area contributed by atoms with Crippen molar-refractivity contribution in [3.8, 4) is 5.75 Å². The van der Waals surface area contributed by atoms with Crippen LogP contribution in [0.4, 0.5) is 0 Å². The Hall–Kier alpha value is -1.10. The van der Waals surface area contributed by atoms with Crippen LogP contribution in [0.25, 0.3) is 0 Å². The fourth-order valence-electron chi connectivity index (χ4n) is 1.80. The number of nitrogens with two attached hydrogens (primary N) is 2. The first-order valence-corrected chi connectivity index (χ1v) is 6.17. The molecule has 1 atom stereocenters. The Bertz CT molecular complexity index is 300. The molecular weight excluding hydrogens is 214 g/mol. The fourth-order valence-corrected chi connectivity index (χ4v) is 1.80. The highest BCUT2D eigenvalue weighted by molar-refractivity contribution is 5.28. The summed E-state index contributed by atoms with van der Waals surface area (Å²) in [5.41, 5.74) is 12.4. The Balaban J connectivity index is 2.35. The molecule has 6 N–H and O–H groups in total. The Morgan fingerprint density at radius 1 is 1.12 bits per heavy atom. The second kappa shape index (κ2) is 8.06. The summed E-state index contributed by atoms with van der Waals surface area (Å²) < 4.78 is 0. The van der Waals surface area contributed by atoms with Crippen LogP contribution in [0.15, 0.2) is 24.3 Å². The first-order valence-electron chi connectivity index (χ1n) is 6.17. The first-order chi connectivity index (χ1) is 8.27. The minimum atomic E-state index is 0.297. The quantitative estimate of drug-likeness (QED) is 0.503. The lowest BCUT2D eigenvalue weighted by molar-refractivity contribution is 0.474. The van der Waals surface area contributed by atoms with E-state index in [0.717, 1.165) is 32.5 Å². The van der Waals surface area contributed by atoms with Gasteiger partial charge in [0.25, 0.3) is 0 Å². The van der Waals surface area contributed by atoms with E-state index in [2.05, 4.69) is 5.32 Å². The van der Waals surface area contributed by atoms with Crippen molar-refractivity contribution in [3.05, 3.63) is 29.8 Å². The average molecular weight is 237 g/mol. The van der Waals surface area contributed by atoms with E-state index < -0.39 is 0 Å². The highest BCUT2D eigenvalue weighted by atomic mass is 16.3. The van der Waals surface area contributed by atoms with Crippen LogP contribution >= 0.6 is 0 Å². The Morgan fingerprint density at radius 3 is 2.41 bits per heavy atom. The van der Waals surface area contributed by atoms with E-state index >= 15 is 0 Å². The molecule has 0 bridgehead atoms. The second-order valence-corrected chi connectivity index (χ2v) is 4.21. The van der Waals surface area contributed by atoms with Crippen LogP contribution < -0.4 is 16.8 Å². The summed E-state index contributed by atoms with van der Waals surface area (Å²) >= 11 is 0. The van der Waals surface area contributed by atoms with E-state index in [9.17, 15) is 5.11 Å². The smallest absolute Gasteiger partial charge is 0.115 e. The predicted octanol–water partition coefficient (Wildman–Crippen LogP) is 0.763. The van der Waals surface area contributed by atoms with Crippen LogP contribution in [0, 0.1) is 0 Å². The van der Waals surface area contributed by atoms with Crippen molar-refractivity contribution < 1.29 is 5.11 Å². The van der Waals surface area contributed by atoms with Crippen LogP contribution in [0.2, 0.25) is 0 Å². The molecule has 0 aliphatic carbocycles. The maximum atomic E-state index is 9.23. The van der Waals surface area contributed by atoms with Crippen LogP contribution in [0.3, 0.4) is 0 Å². The van der Waals surface area contributed by atoms with Crippen molar-refractivity contribution in [1.82, 2.24) is 5.32 Å². The van der Waals surface area contributed by atoms with E-state index in [1.54, 1.807) is 12.1 Å². The molecule has 0 aromatic heterocycles. The second-order valence-electron chi connectivity index (χ2n) is 4.21. The SMILES string of the molecule is NCCCNCCC(CN)c1ccc(O)cc1. The third-order valence-corrected chi connectivity index (χ3v) is 2.88. The van der Waals surface area contributed by atoms with Gasteiger partial charge in [-0.25, -0.2) is 0 Å². The van der Waals surface area contributed by atoms with Gasteiger partial charge in [-0.2, -0.15) is 0 Å². The minimum absolute atomic E-state index is 0.297.